The van der Waals surface area contributed by atoms with E-state index >= 15 is 0 Å². The largest absolute Gasteiger partial charge is 0.462 e. The topological polar surface area (TPSA) is 73.1 Å². The molecule has 0 N–H and O–H groups in total. The maximum atomic E-state index is 12.0. The molecule has 1 atom stereocenters. The number of carbonyl (C=O) groups is 1. The molecule has 3 heterocycles. The average molecular weight is 363 g/mol. The zero-order chi connectivity index (χ0) is 18.0. The molecular weight excluding hydrogens is 338 g/mol. The van der Waals surface area contributed by atoms with E-state index < -0.39 is 0 Å². The van der Waals surface area contributed by atoms with Crippen molar-refractivity contribution in [1.29, 1.82) is 0 Å². The summed E-state index contributed by atoms with van der Waals surface area (Å²) in [6.45, 7) is 10.1. The first-order valence-electron chi connectivity index (χ1n) is 8.80. The third kappa shape index (κ3) is 3.68. The van der Waals surface area contributed by atoms with Crippen molar-refractivity contribution >= 4 is 22.4 Å². The Morgan fingerprint density at radius 3 is 3.00 bits per heavy atom. The highest BCUT2D eigenvalue weighted by Crippen LogP contribution is 2.33. The van der Waals surface area contributed by atoms with Crippen molar-refractivity contribution < 1.29 is 9.53 Å². The van der Waals surface area contributed by atoms with Gasteiger partial charge in [-0.2, -0.15) is 0 Å². The van der Waals surface area contributed by atoms with Gasteiger partial charge in [0.15, 0.2) is 5.13 Å². The van der Waals surface area contributed by atoms with Crippen LogP contribution in [-0.4, -0.2) is 45.4 Å². The molecule has 25 heavy (non-hydrogen) atoms. The minimum absolute atomic E-state index is 0.281. The summed E-state index contributed by atoms with van der Waals surface area (Å²) in [6, 6.07) is 0.345. The number of anilines is 1. The molecule has 8 heteroatoms. The minimum atomic E-state index is -0.281. The second-order valence-corrected chi connectivity index (χ2v) is 7.58. The van der Waals surface area contributed by atoms with Crippen molar-refractivity contribution in [2.75, 3.05) is 24.6 Å². The van der Waals surface area contributed by atoms with Gasteiger partial charge in [0.1, 0.15) is 17.0 Å². The van der Waals surface area contributed by atoms with Crippen LogP contribution in [0.25, 0.3) is 0 Å². The standard InChI is InChI=1S/C17H25N5O2S/c1-5-24-16(23)14-12(4)19-17(25-14)21-8-6-7-13(9-21)15-20-18-10-22(15)11(2)3/h10-11,13H,5-9H2,1-4H3. The number of carbonyl (C=O) groups excluding carboxylic acids is 1. The summed E-state index contributed by atoms with van der Waals surface area (Å²) in [5.74, 6) is 1.09. The molecule has 2 aromatic rings. The summed E-state index contributed by atoms with van der Waals surface area (Å²) in [7, 11) is 0. The van der Waals surface area contributed by atoms with Crippen LogP contribution in [0.15, 0.2) is 6.33 Å². The molecule has 0 bridgehead atoms. The van der Waals surface area contributed by atoms with Gasteiger partial charge in [-0.05, 0) is 40.5 Å². The maximum Gasteiger partial charge on any atom is 0.350 e. The van der Waals surface area contributed by atoms with Crippen molar-refractivity contribution in [1.82, 2.24) is 19.7 Å². The summed E-state index contributed by atoms with van der Waals surface area (Å²) in [5, 5.41) is 9.35. The molecule has 0 aromatic carbocycles. The molecule has 3 rings (SSSR count). The van der Waals surface area contributed by atoms with E-state index in [1.165, 1.54) is 11.3 Å². The molecule has 1 aliphatic rings. The van der Waals surface area contributed by atoms with Gasteiger partial charge in [0, 0.05) is 25.0 Å². The number of rotatable bonds is 5. The Kier molecular flexibility index (Phi) is 5.36. The Balaban J connectivity index is 1.79. The van der Waals surface area contributed by atoms with E-state index in [1.54, 1.807) is 0 Å². The van der Waals surface area contributed by atoms with E-state index in [1.807, 2.05) is 20.2 Å². The molecule has 1 saturated heterocycles. The number of hydrogen-bond acceptors (Lipinski definition) is 7. The zero-order valence-electron chi connectivity index (χ0n) is 15.2. The van der Waals surface area contributed by atoms with E-state index in [4.69, 9.17) is 4.74 Å². The van der Waals surface area contributed by atoms with Gasteiger partial charge in [-0.1, -0.05) is 11.3 Å². The molecule has 0 aliphatic carbocycles. The van der Waals surface area contributed by atoms with Crippen LogP contribution in [0.2, 0.25) is 0 Å². The summed E-state index contributed by atoms with van der Waals surface area (Å²) in [4.78, 5) is 19.5. The van der Waals surface area contributed by atoms with Gasteiger partial charge in [-0.25, -0.2) is 9.78 Å². The zero-order valence-corrected chi connectivity index (χ0v) is 16.0. The molecule has 7 nitrogen and oxygen atoms in total. The monoisotopic (exact) mass is 363 g/mol. The fourth-order valence-electron chi connectivity index (χ4n) is 3.21. The van der Waals surface area contributed by atoms with Crippen molar-refractivity contribution in [2.24, 2.45) is 0 Å². The second kappa shape index (κ2) is 7.51. The molecule has 0 spiro atoms. The van der Waals surface area contributed by atoms with Crippen LogP contribution in [0.5, 0.6) is 0 Å². The summed E-state index contributed by atoms with van der Waals surface area (Å²) in [5.41, 5.74) is 0.742. The molecule has 0 amide bonds. The van der Waals surface area contributed by atoms with Crippen LogP contribution in [0, 0.1) is 6.92 Å². The highest BCUT2D eigenvalue weighted by Gasteiger charge is 2.28. The van der Waals surface area contributed by atoms with Crippen molar-refractivity contribution in [3.8, 4) is 0 Å². The van der Waals surface area contributed by atoms with Crippen molar-refractivity contribution in [3.05, 3.63) is 22.7 Å². The number of esters is 1. The smallest absolute Gasteiger partial charge is 0.350 e. The fraction of sp³-hybridized carbons (Fsp3) is 0.647. The van der Waals surface area contributed by atoms with Crippen LogP contribution >= 0.6 is 11.3 Å². The predicted octanol–water partition coefficient (Wildman–Crippen LogP) is 3.18. The van der Waals surface area contributed by atoms with Gasteiger partial charge in [-0.15, -0.1) is 10.2 Å². The molecule has 2 aromatic heterocycles. The Labute approximate surface area is 152 Å². The van der Waals surface area contributed by atoms with E-state index in [0.717, 1.165) is 42.6 Å². The number of hydrogen-bond donors (Lipinski definition) is 0. The maximum absolute atomic E-state index is 12.0. The van der Waals surface area contributed by atoms with Gasteiger partial charge >= 0.3 is 5.97 Å². The highest BCUT2D eigenvalue weighted by atomic mass is 32.1. The van der Waals surface area contributed by atoms with Gasteiger partial charge in [0.2, 0.25) is 0 Å². The van der Waals surface area contributed by atoms with Crippen LogP contribution in [0.1, 0.15) is 66.8 Å². The lowest BCUT2D eigenvalue weighted by Gasteiger charge is -2.32. The van der Waals surface area contributed by atoms with Gasteiger partial charge in [-0.3, -0.25) is 0 Å². The lowest BCUT2D eigenvalue weighted by molar-refractivity contribution is 0.0531. The Bertz CT molecular complexity index is 739. The third-order valence-electron chi connectivity index (χ3n) is 4.46. The number of ether oxygens (including phenoxy) is 1. The van der Waals surface area contributed by atoms with E-state index in [9.17, 15) is 4.79 Å². The van der Waals surface area contributed by atoms with E-state index in [0.29, 0.717) is 23.4 Å². The van der Waals surface area contributed by atoms with E-state index in [-0.39, 0.29) is 5.97 Å². The first-order valence-corrected chi connectivity index (χ1v) is 9.61. The Hall–Kier alpha value is -1.96. The SMILES string of the molecule is CCOC(=O)c1sc(N2CCCC(c3nncn3C(C)C)C2)nc1C. The fourth-order valence-corrected chi connectivity index (χ4v) is 4.20. The first kappa shape index (κ1) is 17.8. The van der Waals surface area contributed by atoms with Crippen molar-refractivity contribution in [3.63, 3.8) is 0 Å². The highest BCUT2D eigenvalue weighted by molar-refractivity contribution is 7.17. The second-order valence-electron chi connectivity index (χ2n) is 6.61. The minimum Gasteiger partial charge on any atom is -0.462 e. The van der Waals surface area contributed by atoms with Gasteiger partial charge in [0.25, 0.3) is 0 Å². The first-order chi connectivity index (χ1) is 12.0. The van der Waals surface area contributed by atoms with Crippen LogP contribution < -0.4 is 4.90 Å². The Morgan fingerprint density at radius 1 is 1.48 bits per heavy atom. The predicted molar refractivity (Wildman–Crippen MR) is 97.4 cm³/mol. The molecule has 1 fully saturated rings. The lowest BCUT2D eigenvalue weighted by atomic mass is 9.97. The number of aryl methyl sites for hydroxylation is 1. The molecule has 136 valence electrons. The molecule has 0 radical (unpaired) electrons. The van der Waals surface area contributed by atoms with Crippen LogP contribution in [-0.2, 0) is 4.74 Å². The van der Waals surface area contributed by atoms with Crippen molar-refractivity contribution in [2.45, 2.75) is 52.5 Å². The molecule has 1 aliphatic heterocycles. The van der Waals surface area contributed by atoms with Crippen LogP contribution in [0.3, 0.4) is 0 Å². The van der Waals surface area contributed by atoms with Gasteiger partial charge < -0.3 is 14.2 Å². The van der Waals surface area contributed by atoms with E-state index in [2.05, 4.69) is 38.5 Å². The van der Waals surface area contributed by atoms with Crippen LogP contribution in [0.4, 0.5) is 5.13 Å². The number of nitrogens with zero attached hydrogens (tertiary/aromatic N) is 5. The summed E-state index contributed by atoms with van der Waals surface area (Å²) < 4.78 is 7.27. The number of thiazole rings is 1. The number of aromatic nitrogens is 4. The molecular formula is C17H25N5O2S. The summed E-state index contributed by atoms with van der Waals surface area (Å²) >= 11 is 1.42. The lowest BCUT2D eigenvalue weighted by Crippen LogP contribution is -2.35. The quantitative estimate of drug-likeness (QED) is 0.760. The summed E-state index contributed by atoms with van der Waals surface area (Å²) in [6.07, 6.45) is 3.98. The Morgan fingerprint density at radius 2 is 2.28 bits per heavy atom. The van der Waals surface area contributed by atoms with Gasteiger partial charge in [0.05, 0.1) is 12.3 Å². The number of piperidine rings is 1. The normalized spacial score (nSPS) is 18.0. The molecule has 0 saturated carbocycles. The average Bonchev–Trinajstić information content (AvgIpc) is 3.22. The third-order valence-corrected chi connectivity index (χ3v) is 5.66. The molecule has 1 unspecified atom stereocenters.